The molecule has 0 aliphatic carbocycles. The fraction of sp³-hybridized carbons (Fsp3) is 0.625. The first-order chi connectivity index (χ1) is 9.65. The van der Waals surface area contributed by atoms with Crippen molar-refractivity contribution in [3.63, 3.8) is 0 Å². The summed E-state index contributed by atoms with van der Waals surface area (Å²) < 4.78 is 10.9. The Kier molecular flexibility index (Phi) is 5.83. The molecule has 0 aromatic heterocycles. The van der Waals surface area contributed by atoms with E-state index in [1.54, 1.807) is 0 Å². The Morgan fingerprint density at radius 2 is 2.20 bits per heavy atom. The lowest BCUT2D eigenvalue weighted by Crippen LogP contribution is -2.30. The summed E-state index contributed by atoms with van der Waals surface area (Å²) in [6.45, 7) is 7.38. The molecule has 2 rings (SSSR count). The average molecular weight is 279 g/mol. The number of aliphatic hydroxyl groups is 1. The highest BCUT2D eigenvalue weighted by Gasteiger charge is 2.12. The molecule has 20 heavy (non-hydrogen) atoms. The van der Waals surface area contributed by atoms with E-state index in [1.807, 2.05) is 6.07 Å². The van der Waals surface area contributed by atoms with Gasteiger partial charge in [0.15, 0.2) is 0 Å². The van der Waals surface area contributed by atoms with Gasteiger partial charge >= 0.3 is 0 Å². The van der Waals surface area contributed by atoms with E-state index >= 15 is 0 Å². The van der Waals surface area contributed by atoms with Crippen molar-refractivity contribution in [1.82, 2.24) is 5.32 Å². The largest absolute Gasteiger partial charge is 0.493 e. The zero-order valence-electron chi connectivity index (χ0n) is 12.4. The molecule has 1 unspecified atom stereocenters. The van der Waals surface area contributed by atoms with E-state index in [1.165, 1.54) is 11.1 Å². The normalized spacial score (nSPS) is 15.2. The fourth-order valence-corrected chi connectivity index (χ4v) is 2.23. The van der Waals surface area contributed by atoms with Crippen molar-refractivity contribution in [2.24, 2.45) is 5.92 Å². The fourth-order valence-electron chi connectivity index (χ4n) is 2.23. The van der Waals surface area contributed by atoms with Gasteiger partial charge in [0.05, 0.1) is 19.3 Å². The van der Waals surface area contributed by atoms with E-state index in [4.69, 9.17) is 9.47 Å². The molecule has 1 aliphatic heterocycles. The van der Waals surface area contributed by atoms with Gasteiger partial charge in [-0.2, -0.15) is 0 Å². The van der Waals surface area contributed by atoms with Crippen molar-refractivity contribution in [2.75, 3.05) is 26.4 Å². The minimum absolute atomic E-state index is 0.392. The highest BCUT2D eigenvalue weighted by molar-refractivity contribution is 5.39. The Labute approximate surface area is 121 Å². The maximum Gasteiger partial charge on any atom is 0.122 e. The molecule has 1 aromatic carbocycles. The van der Waals surface area contributed by atoms with Crippen LogP contribution in [-0.4, -0.2) is 37.6 Å². The van der Waals surface area contributed by atoms with Crippen LogP contribution in [-0.2, 0) is 17.7 Å². The third kappa shape index (κ3) is 4.78. The number of aliphatic hydroxyl groups excluding tert-OH is 1. The summed E-state index contributed by atoms with van der Waals surface area (Å²) in [5.74, 6) is 1.51. The smallest absolute Gasteiger partial charge is 0.122 e. The predicted octanol–water partition coefficient (Wildman–Crippen LogP) is 1.74. The summed E-state index contributed by atoms with van der Waals surface area (Å²) >= 11 is 0. The quantitative estimate of drug-likeness (QED) is 0.761. The molecule has 0 bridgehead atoms. The van der Waals surface area contributed by atoms with Crippen molar-refractivity contribution < 1.29 is 14.6 Å². The molecule has 2 N–H and O–H groups in total. The second-order valence-electron chi connectivity index (χ2n) is 5.76. The molecular formula is C16H25NO3. The van der Waals surface area contributed by atoms with Crippen LogP contribution < -0.4 is 10.1 Å². The molecule has 4 heteroatoms. The van der Waals surface area contributed by atoms with Crippen molar-refractivity contribution in [1.29, 1.82) is 0 Å². The Hall–Kier alpha value is -1.10. The van der Waals surface area contributed by atoms with E-state index in [2.05, 4.69) is 31.3 Å². The number of hydrogen-bond donors (Lipinski definition) is 2. The highest BCUT2D eigenvalue weighted by Crippen LogP contribution is 2.25. The molecule has 0 spiro atoms. The van der Waals surface area contributed by atoms with Crippen molar-refractivity contribution in [2.45, 2.75) is 32.9 Å². The second-order valence-corrected chi connectivity index (χ2v) is 5.76. The first-order valence-electron chi connectivity index (χ1n) is 7.36. The van der Waals surface area contributed by atoms with E-state index in [9.17, 15) is 5.11 Å². The van der Waals surface area contributed by atoms with E-state index in [0.29, 0.717) is 25.7 Å². The third-order valence-corrected chi connectivity index (χ3v) is 3.22. The third-order valence-electron chi connectivity index (χ3n) is 3.22. The molecule has 0 amide bonds. The molecule has 4 nitrogen and oxygen atoms in total. The van der Waals surface area contributed by atoms with Gasteiger partial charge in [0.1, 0.15) is 5.75 Å². The average Bonchev–Trinajstić information content (AvgIpc) is 2.85. The lowest BCUT2D eigenvalue weighted by atomic mass is 10.1. The molecule has 0 fully saturated rings. The lowest BCUT2D eigenvalue weighted by Gasteiger charge is -2.13. The van der Waals surface area contributed by atoms with Crippen LogP contribution in [0.1, 0.15) is 25.0 Å². The zero-order valence-corrected chi connectivity index (χ0v) is 12.4. The van der Waals surface area contributed by atoms with Crippen LogP contribution in [0.15, 0.2) is 18.2 Å². The SMILES string of the molecule is CC(C)COCC(O)CNCc1ccc2c(c1)CCO2. The maximum atomic E-state index is 9.79. The zero-order chi connectivity index (χ0) is 14.4. The topological polar surface area (TPSA) is 50.7 Å². The minimum atomic E-state index is -0.452. The minimum Gasteiger partial charge on any atom is -0.493 e. The van der Waals surface area contributed by atoms with Gasteiger partial charge in [-0.1, -0.05) is 26.0 Å². The predicted molar refractivity (Wildman–Crippen MR) is 79.0 cm³/mol. The molecule has 1 atom stereocenters. The first-order valence-corrected chi connectivity index (χ1v) is 7.36. The standard InChI is InChI=1S/C16H25NO3/c1-12(2)10-19-11-15(18)9-17-8-13-3-4-16-14(7-13)5-6-20-16/h3-4,7,12,15,17-18H,5-6,8-11H2,1-2H3. The number of nitrogens with one attached hydrogen (secondary N) is 1. The van der Waals surface area contributed by atoms with Crippen LogP contribution in [0, 0.1) is 5.92 Å². The Bertz CT molecular complexity index is 420. The van der Waals surface area contributed by atoms with E-state index < -0.39 is 6.10 Å². The molecule has 1 aliphatic rings. The number of rotatable bonds is 8. The van der Waals surface area contributed by atoms with Crippen LogP contribution in [0.2, 0.25) is 0 Å². The van der Waals surface area contributed by atoms with Gasteiger partial charge in [0.2, 0.25) is 0 Å². The molecule has 0 saturated heterocycles. The highest BCUT2D eigenvalue weighted by atomic mass is 16.5. The lowest BCUT2D eigenvalue weighted by molar-refractivity contribution is 0.0260. The van der Waals surface area contributed by atoms with E-state index in [0.717, 1.165) is 25.3 Å². The summed E-state index contributed by atoms with van der Waals surface area (Å²) in [6, 6.07) is 6.28. The molecule has 1 aromatic rings. The molecular weight excluding hydrogens is 254 g/mol. The number of benzene rings is 1. The maximum absolute atomic E-state index is 9.79. The van der Waals surface area contributed by atoms with Crippen LogP contribution in [0.4, 0.5) is 0 Å². The summed E-state index contributed by atoms with van der Waals surface area (Å²) in [7, 11) is 0. The Balaban J connectivity index is 1.65. The number of hydrogen-bond acceptors (Lipinski definition) is 4. The molecule has 0 radical (unpaired) electrons. The summed E-state index contributed by atoms with van der Waals surface area (Å²) in [4.78, 5) is 0. The number of fused-ring (bicyclic) bond motifs is 1. The van der Waals surface area contributed by atoms with Crippen LogP contribution in [0.25, 0.3) is 0 Å². The Morgan fingerprint density at radius 3 is 3.00 bits per heavy atom. The summed E-state index contributed by atoms with van der Waals surface area (Å²) in [6.07, 6.45) is 0.543. The van der Waals surface area contributed by atoms with Gasteiger partial charge in [0, 0.05) is 26.1 Å². The van der Waals surface area contributed by atoms with Gasteiger partial charge in [-0.15, -0.1) is 0 Å². The molecule has 0 saturated carbocycles. The van der Waals surface area contributed by atoms with Crippen LogP contribution in [0.3, 0.4) is 0 Å². The number of ether oxygens (including phenoxy) is 2. The summed E-state index contributed by atoms with van der Waals surface area (Å²) in [5, 5.41) is 13.0. The van der Waals surface area contributed by atoms with Crippen molar-refractivity contribution in [3.05, 3.63) is 29.3 Å². The first kappa shape index (κ1) is 15.3. The van der Waals surface area contributed by atoms with Gasteiger partial charge in [0.25, 0.3) is 0 Å². The van der Waals surface area contributed by atoms with Crippen molar-refractivity contribution >= 4 is 0 Å². The summed E-state index contributed by atoms with van der Waals surface area (Å²) in [5.41, 5.74) is 2.51. The van der Waals surface area contributed by atoms with Crippen LogP contribution in [0.5, 0.6) is 5.75 Å². The van der Waals surface area contributed by atoms with Gasteiger partial charge < -0.3 is 19.9 Å². The monoisotopic (exact) mass is 279 g/mol. The van der Waals surface area contributed by atoms with Gasteiger partial charge in [-0.3, -0.25) is 0 Å². The Morgan fingerprint density at radius 1 is 1.35 bits per heavy atom. The van der Waals surface area contributed by atoms with Crippen LogP contribution >= 0.6 is 0 Å². The van der Waals surface area contributed by atoms with Gasteiger partial charge in [-0.25, -0.2) is 0 Å². The van der Waals surface area contributed by atoms with Gasteiger partial charge in [-0.05, 0) is 23.1 Å². The second kappa shape index (κ2) is 7.62. The van der Waals surface area contributed by atoms with E-state index in [-0.39, 0.29) is 0 Å². The van der Waals surface area contributed by atoms with Crippen molar-refractivity contribution in [3.8, 4) is 5.75 Å². The molecule has 1 heterocycles. The molecule has 112 valence electrons.